The van der Waals surface area contributed by atoms with Crippen LogP contribution in [-0.2, 0) is 0 Å². The fraction of sp³-hybridized carbons (Fsp3) is 0. The van der Waals surface area contributed by atoms with Gasteiger partial charge in [0.15, 0.2) is 0 Å². The molecule has 0 unspecified atom stereocenters. The second kappa shape index (κ2) is 3.71. The molecule has 1 rings (SSSR count). The van der Waals surface area contributed by atoms with E-state index in [0.29, 0.717) is 5.56 Å². The van der Waals surface area contributed by atoms with Crippen molar-refractivity contribution in [1.82, 2.24) is 0 Å². The van der Waals surface area contributed by atoms with E-state index in [9.17, 15) is 4.39 Å². The Morgan fingerprint density at radius 2 is 1.90 bits per heavy atom. The molecule has 0 saturated carbocycles. The Morgan fingerprint density at radius 1 is 1.30 bits per heavy atom. The van der Waals surface area contributed by atoms with E-state index in [-0.39, 0.29) is 5.83 Å². The van der Waals surface area contributed by atoms with Crippen molar-refractivity contribution < 1.29 is 4.39 Å². The largest absolute Gasteiger partial charge is 0.206 e. The molecule has 0 saturated heterocycles. The minimum atomic E-state index is -0.179. The van der Waals surface area contributed by atoms with Crippen molar-refractivity contribution in [3.63, 3.8) is 0 Å². The molecule has 0 spiro atoms. The number of rotatable bonds is 1. The van der Waals surface area contributed by atoms with Crippen LogP contribution in [0, 0.1) is 0 Å². The van der Waals surface area contributed by atoms with Crippen LogP contribution < -0.4 is 0 Å². The highest BCUT2D eigenvalue weighted by Gasteiger charge is 1.94. The lowest BCUT2D eigenvalue weighted by Gasteiger charge is -1.92. The van der Waals surface area contributed by atoms with Gasteiger partial charge in [-0.15, -0.1) is 0 Å². The Hall–Kier alpha value is -0.380. The standard InChI is InChI=1S/C8H6FI/c9-8(6-10)7-4-2-1-3-5-7/h1-6H/b8-6-. The molecule has 0 bridgehead atoms. The van der Waals surface area contributed by atoms with Gasteiger partial charge in [-0.2, -0.15) is 0 Å². The van der Waals surface area contributed by atoms with Gasteiger partial charge in [0.05, 0.1) is 0 Å². The van der Waals surface area contributed by atoms with Crippen LogP contribution in [0.15, 0.2) is 34.4 Å². The van der Waals surface area contributed by atoms with Crippen molar-refractivity contribution >= 4 is 28.4 Å². The van der Waals surface area contributed by atoms with Crippen LogP contribution in [0.2, 0.25) is 0 Å². The molecule has 0 aliphatic carbocycles. The highest BCUT2D eigenvalue weighted by Crippen LogP contribution is 2.16. The molecule has 0 heterocycles. The predicted octanol–water partition coefficient (Wildman–Crippen LogP) is 3.39. The van der Waals surface area contributed by atoms with Gasteiger partial charge in [0.1, 0.15) is 5.83 Å². The number of hydrogen-bond donors (Lipinski definition) is 0. The zero-order valence-electron chi connectivity index (χ0n) is 5.22. The first-order valence-electron chi connectivity index (χ1n) is 2.86. The third kappa shape index (κ3) is 1.80. The third-order valence-electron chi connectivity index (χ3n) is 1.15. The summed E-state index contributed by atoms with van der Waals surface area (Å²) in [5, 5.41) is 0. The average molecular weight is 248 g/mol. The molecule has 0 amide bonds. The quantitative estimate of drug-likeness (QED) is 0.668. The van der Waals surface area contributed by atoms with E-state index in [1.807, 2.05) is 40.8 Å². The first-order valence-corrected chi connectivity index (χ1v) is 4.10. The first-order chi connectivity index (χ1) is 4.84. The van der Waals surface area contributed by atoms with Gasteiger partial charge >= 0.3 is 0 Å². The summed E-state index contributed by atoms with van der Waals surface area (Å²) >= 11 is 1.88. The Bertz CT molecular complexity index is 228. The topological polar surface area (TPSA) is 0 Å². The Labute approximate surface area is 72.9 Å². The second-order valence-electron chi connectivity index (χ2n) is 1.82. The summed E-state index contributed by atoms with van der Waals surface area (Å²) in [6, 6.07) is 8.98. The van der Waals surface area contributed by atoms with E-state index in [1.165, 1.54) is 4.08 Å². The maximum absolute atomic E-state index is 12.7. The lowest BCUT2D eigenvalue weighted by atomic mass is 10.2. The molecule has 0 aromatic heterocycles. The van der Waals surface area contributed by atoms with Crippen molar-refractivity contribution in [2.45, 2.75) is 0 Å². The summed E-state index contributed by atoms with van der Waals surface area (Å²) < 4.78 is 14.1. The molecule has 2 heteroatoms. The van der Waals surface area contributed by atoms with Gasteiger partial charge in [-0.25, -0.2) is 4.39 Å². The van der Waals surface area contributed by atoms with Crippen LogP contribution in [0.4, 0.5) is 4.39 Å². The number of hydrogen-bond acceptors (Lipinski definition) is 0. The lowest BCUT2D eigenvalue weighted by molar-refractivity contribution is 0.763. The molecule has 0 nitrogen and oxygen atoms in total. The monoisotopic (exact) mass is 248 g/mol. The van der Waals surface area contributed by atoms with Crippen LogP contribution >= 0.6 is 22.6 Å². The van der Waals surface area contributed by atoms with Crippen molar-refractivity contribution in [3.05, 3.63) is 40.0 Å². The van der Waals surface area contributed by atoms with E-state index >= 15 is 0 Å². The van der Waals surface area contributed by atoms with E-state index in [1.54, 1.807) is 12.1 Å². The van der Waals surface area contributed by atoms with Gasteiger partial charge in [0.25, 0.3) is 0 Å². The maximum atomic E-state index is 12.7. The molecular formula is C8H6FI. The van der Waals surface area contributed by atoms with Crippen molar-refractivity contribution in [1.29, 1.82) is 0 Å². The summed E-state index contributed by atoms with van der Waals surface area (Å²) in [7, 11) is 0. The van der Waals surface area contributed by atoms with E-state index in [0.717, 1.165) is 0 Å². The van der Waals surface area contributed by atoms with Gasteiger partial charge in [0, 0.05) is 9.65 Å². The molecule has 0 N–H and O–H groups in total. The van der Waals surface area contributed by atoms with Gasteiger partial charge in [-0.3, -0.25) is 0 Å². The Balaban J connectivity index is 2.96. The van der Waals surface area contributed by atoms with Crippen LogP contribution in [0.5, 0.6) is 0 Å². The summed E-state index contributed by atoms with van der Waals surface area (Å²) in [6.07, 6.45) is 0. The Kier molecular flexibility index (Phi) is 2.86. The maximum Gasteiger partial charge on any atom is 0.136 e. The van der Waals surface area contributed by atoms with Crippen LogP contribution in [-0.4, -0.2) is 0 Å². The number of benzene rings is 1. The molecule has 1 aromatic carbocycles. The van der Waals surface area contributed by atoms with Gasteiger partial charge in [0.2, 0.25) is 0 Å². The SMILES string of the molecule is F/C(=C\I)c1ccccc1. The van der Waals surface area contributed by atoms with Crippen molar-refractivity contribution in [2.24, 2.45) is 0 Å². The summed E-state index contributed by atoms with van der Waals surface area (Å²) in [4.78, 5) is 0. The molecule has 0 atom stereocenters. The minimum absolute atomic E-state index is 0.179. The fourth-order valence-electron chi connectivity index (χ4n) is 0.660. The second-order valence-corrected chi connectivity index (χ2v) is 2.45. The average Bonchev–Trinajstić information content (AvgIpc) is 2.05. The summed E-state index contributed by atoms with van der Waals surface area (Å²) in [5.41, 5.74) is 0.636. The van der Waals surface area contributed by atoms with Crippen LogP contribution in [0.1, 0.15) is 5.56 Å². The zero-order chi connectivity index (χ0) is 7.40. The molecule has 0 radical (unpaired) electrons. The fourth-order valence-corrected chi connectivity index (χ4v) is 1.02. The molecule has 10 heavy (non-hydrogen) atoms. The molecule has 0 aliphatic heterocycles. The summed E-state index contributed by atoms with van der Waals surface area (Å²) in [5.74, 6) is -0.179. The van der Waals surface area contributed by atoms with Gasteiger partial charge in [-0.05, 0) is 22.6 Å². The zero-order valence-corrected chi connectivity index (χ0v) is 7.38. The normalized spacial score (nSPS) is 11.6. The van der Waals surface area contributed by atoms with Crippen LogP contribution in [0.25, 0.3) is 5.83 Å². The first kappa shape index (κ1) is 7.72. The van der Waals surface area contributed by atoms with E-state index < -0.39 is 0 Å². The molecule has 52 valence electrons. The Morgan fingerprint density at radius 3 is 2.40 bits per heavy atom. The smallest absolute Gasteiger partial charge is 0.136 e. The van der Waals surface area contributed by atoms with E-state index in [2.05, 4.69) is 0 Å². The third-order valence-corrected chi connectivity index (χ3v) is 1.69. The van der Waals surface area contributed by atoms with Crippen molar-refractivity contribution in [3.8, 4) is 0 Å². The van der Waals surface area contributed by atoms with E-state index in [4.69, 9.17) is 0 Å². The molecule has 0 aliphatic rings. The number of halogens is 2. The minimum Gasteiger partial charge on any atom is -0.206 e. The molecule has 1 aromatic rings. The van der Waals surface area contributed by atoms with Crippen LogP contribution in [0.3, 0.4) is 0 Å². The van der Waals surface area contributed by atoms with Gasteiger partial charge < -0.3 is 0 Å². The molecule has 0 fully saturated rings. The lowest BCUT2D eigenvalue weighted by Crippen LogP contribution is -1.72. The molecular weight excluding hydrogens is 242 g/mol. The highest BCUT2D eigenvalue weighted by molar-refractivity contribution is 14.1. The predicted molar refractivity (Wildman–Crippen MR) is 49.5 cm³/mol. The van der Waals surface area contributed by atoms with Crippen molar-refractivity contribution in [2.75, 3.05) is 0 Å². The highest BCUT2D eigenvalue weighted by atomic mass is 127. The summed E-state index contributed by atoms with van der Waals surface area (Å²) in [6.45, 7) is 0. The van der Waals surface area contributed by atoms with Gasteiger partial charge in [-0.1, -0.05) is 30.3 Å².